The van der Waals surface area contributed by atoms with Gasteiger partial charge in [-0.05, 0) is 30.2 Å². The fourth-order valence-corrected chi connectivity index (χ4v) is 0.866. The van der Waals surface area contributed by atoms with Crippen LogP contribution in [-0.4, -0.2) is 10.1 Å². The van der Waals surface area contributed by atoms with Crippen LogP contribution >= 0.6 is 0 Å². The minimum Gasteiger partial charge on any atom is -0.392 e. The summed E-state index contributed by atoms with van der Waals surface area (Å²) >= 11 is 0. The molecule has 0 amide bonds. The van der Waals surface area contributed by atoms with Crippen molar-refractivity contribution in [2.45, 2.75) is 13.5 Å². The van der Waals surface area contributed by atoms with Gasteiger partial charge in [0.2, 0.25) is 0 Å². The summed E-state index contributed by atoms with van der Waals surface area (Å²) in [5.74, 6) is 0. The minimum atomic E-state index is 0.0647. The molecule has 0 atom stereocenters. The molecule has 0 aliphatic rings. The summed E-state index contributed by atoms with van der Waals surface area (Å²) in [4.78, 5) is 4.08. The molecule has 0 unspecified atom stereocenters. The van der Waals surface area contributed by atoms with Crippen molar-refractivity contribution in [3.05, 3.63) is 35.7 Å². The van der Waals surface area contributed by atoms with Crippen LogP contribution in [0.3, 0.4) is 0 Å². The molecule has 11 heavy (non-hydrogen) atoms. The maximum atomic E-state index is 8.88. The highest BCUT2D eigenvalue weighted by Crippen LogP contribution is 2.08. The molecule has 0 spiro atoms. The van der Waals surface area contributed by atoms with Crippen LogP contribution in [0.1, 0.15) is 16.8 Å². The normalized spacial score (nSPS) is 9.64. The Kier molecular flexibility index (Phi) is 2.39. The van der Waals surface area contributed by atoms with Gasteiger partial charge in [-0.15, -0.1) is 0 Å². The Morgan fingerprint density at radius 3 is 3.00 bits per heavy atom. The van der Waals surface area contributed by atoms with Crippen molar-refractivity contribution in [3.8, 4) is 0 Å². The molecule has 0 fully saturated rings. The topological polar surface area (TPSA) is 33.1 Å². The molecule has 0 bridgehead atoms. The van der Waals surface area contributed by atoms with E-state index in [2.05, 4.69) is 11.6 Å². The van der Waals surface area contributed by atoms with E-state index in [4.69, 9.17) is 5.11 Å². The van der Waals surface area contributed by atoms with E-state index in [0.29, 0.717) is 0 Å². The average Bonchev–Trinajstić information content (AvgIpc) is 2.05. The van der Waals surface area contributed by atoms with Gasteiger partial charge in [0.15, 0.2) is 0 Å². The second-order valence-electron chi connectivity index (χ2n) is 2.40. The zero-order valence-corrected chi connectivity index (χ0v) is 6.54. The van der Waals surface area contributed by atoms with Crippen molar-refractivity contribution in [2.75, 3.05) is 0 Å². The summed E-state index contributed by atoms with van der Waals surface area (Å²) in [7, 11) is 0. The van der Waals surface area contributed by atoms with Crippen molar-refractivity contribution in [3.63, 3.8) is 0 Å². The van der Waals surface area contributed by atoms with Gasteiger partial charge in [0.05, 0.1) is 12.3 Å². The van der Waals surface area contributed by atoms with Gasteiger partial charge >= 0.3 is 0 Å². The lowest BCUT2D eigenvalue weighted by Gasteiger charge is -2.01. The molecule has 58 valence electrons. The molecule has 1 heterocycles. The maximum absolute atomic E-state index is 8.88. The van der Waals surface area contributed by atoms with Gasteiger partial charge in [-0.25, -0.2) is 0 Å². The van der Waals surface area contributed by atoms with E-state index in [0.717, 1.165) is 16.8 Å². The van der Waals surface area contributed by atoms with Crippen LogP contribution < -0.4 is 0 Å². The molecule has 1 aromatic rings. The molecule has 0 saturated carbocycles. The van der Waals surface area contributed by atoms with E-state index in [-0.39, 0.29) is 6.61 Å². The van der Waals surface area contributed by atoms with Crippen LogP contribution in [0, 0.1) is 6.92 Å². The second-order valence-corrected chi connectivity index (χ2v) is 2.40. The van der Waals surface area contributed by atoms with Crippen LogP contribution in [0.15, 0.2) is 18.8 Å². The number of aliphatic hydroxyl groups is 1. The van der Waals surface area contributed by atoms with E-state index < -0.39 is 0 Å². The van der Waals surface area contributed by atoms with E-state index in [1.165, 1.54) is 0 Å². The lowest BCUT2D eigenvalue weighted by molar-refractivity contribution is 0.281. The molecule has 1 rings (SSSR count). The van der Waals surface area contributed by atoms with Crippen LogP contribution in [0.2, 0.25) is 0 Å². The molecule has 2 nitrogen and oxygen atoms in total. The summed E-state index contributed by atoms with van der Waals surface area (Å²) in [6, 6.07) is 1.84. The van der Waals surface area contributed by atoms with Crippen LogP contribution in [-0.2, 0) is 6.61 Å². The largest absolute Gasteiger partial charge is 0.392 e. The third-order valence-corrected chi connectivity index (χ3v) is 1.62. The van der Waals surface area contributed by atoms with Crippen LogP contribution in [0.25, 0.3) is 6.08 Å². The number of aryl methyl sites for hydroxylation is 1. The third-order valence-electron chi connectivity index (χ3n) is 1.62. The van der Waals surface area contributed by atoms with Gasteiger partial charge < -0.3 is 5.11 Å². The van der Waals surface area contributed by atoms with Crippen molar-refractivity contribution < 1.29 is 5.11 Å². The second kappa shape index (κ2) is 3.30. The lowest BCUT2D eigenvalue weighted by atomic mass is 10.1. The van der Waals surface area contributed by atoms with Crippen LogP contribution in [0.5, 0.6) is 0 Å². The number of nitrogens with zero attached hydrogens (tertiary/aromatic N) is 1. The van der Waals surface area contributed by atoms with Gasteiger partial charge in [0.25, 0.3) is 0 Å². The first-order chi connectivity index (χ1) is 5.27. The monoisotopic (exact) mass is 149 g/mol. The first-order valence-electron chi connectivity index (χ1n) is 3.46. The van der Waals surface area contributed by atoms with E-state index in [1.807, 2.05) is 13.0 Å². The number of hydrogen-bond donors (Lipinski definition) is 1. The standard InChI is InChI=1S/C9H11NO/c1-3-9-4-8(6-11)7(2)5-10-9/h3-5,11H,1,6H2,2H3. The third kappa shape index (κ3) is 1.65. The number of aromatic nitrogens is 1. The predicted octanol–water partition coefficient (Wildman–Crippen LogP) is 1.53. The van der Waals surface area contributed by atoms with Crippen molar-refractivity contribution in [1.82, 2.24) is 4.98 Å². The molecule has 1 N–H and O–H groups in total. The fourth-order valence-electron chi connectivity index (χ4n) is 0.866. The highest BCUT2D eigenvalue weighted by molar-refractivity contribution is 5.44. The SMILES string of the molecule is C=Cc1cc(CO)c(C)cn1. The van der Waals surface area contributed by atoms with E-state index in [9.17, 15) is 0 Å². The molecule has 0 aliphatic heterocycles. The Labute approximate surface area is 66.2 Å². The van der Waals surface area contributed by atoms with E-state index in [1.54, 1.807) is 12.3 Å². The maximum Gasteiger partial charge on any atom is 0.0685 e. The zero-order valence-electron chi connectivity index (χ0n) is 6.54. The summed E-state index contributed by atoms with van der Waals surface area (Å²) in [5, 5.41) is 8.88. The van der Waals surface area contributed by atoms with Crippen LogP contribution in [0.4, 0.5) is 0 Å². The molecule has 0 aromatic carbocycles. The molecule has 1 aromatic heterocycles. The number of rotatable bonds is 2. The van der Waals surface area contributed by atoms with Crippen molar-refractivity contribution >= 4 is 6.08 Å². The number of hydrogen-bond acceptors (Lipinski definition) is 2. The Hall–Kier alpha value is -1.15. The zero-order chi connectivity index (χ0) is 8.27. The number of pyridine rings is 1. The smallest absolute Gasteiger partial charge is 0.0685 e. The Bertz CT molecular complexity index is 268. The van der Waals surface area contributed by atoms with Gasteiger partial charge in [-0.3, -0.25) is 4.98 Å². The quantitative estimate of drug-likeness (QED) is 0.691. The molecule has 0 saturated heterocycles. The highest BCUT2D eigenvalue weighted by Gasteiger charge is 1.96. The minimum absolute atomic E-state index is 0.0647. The predicted molar refractivity (Wildman–Crippen MR) is 45.0 cm³/mol. The Morgan fingerprint density at radius 2 is 2.45 bits per heavy atom. The first-order valence-corrected chi connectivity index (χ1v) is 3.46. The Balaban J connectivity index is 3.12. The fraction of sp³-hybridized carbons (Fsp3) is 0.222. The molecule has 0 aliphatic carbocycles. The summed E-state index contributed by atoms with van der Waals surface area (Å²) in [5.41, 5.74) is 2.73. The molecule has 0 radical (unpaired) electrons. The Morgan fingerprint density at radius 1 is 1.73 bits per heavy atom. The highest BCUT2D eigenvalue weighted by atomic mass is 16.3. The average molecular weight is 149 g/mol. The number of aliphatic hydroxyl groups excluding tert-OH is 1. The van der Waals surface area contributed by atoms with Gasteiger partial charge in [-0.1, -0.05) is 6.58 Å². The summed E-state index contributed by atoms with van der Waals surface area (Å²) in [6.07, 6.45) is 3.40. The lowest BCUT2D eigenvalue weighted by Crippen LogP contribution is -1.91. The molecule has 2 heteroatoms. The summed E-state index contributed by atoms with van der Waals surface area (Å²) < 4.78 is 0. The first kappa shape index (κ1) is 7.95. The summed E-state index contributed by atoms with van der Waals surface area (Å²) in [6.45, 7) is 5.58. The molecular weight excluding hydrogens is 138 g/mol. The molecular formula is C9H11NO. The van der Waals surface area contributed by atoms with Gasteiger partial charge in [0, 0.05) is 6.20 Å². The van der Waals surface area contributed by atoms with Gasteiger partial charge in [0.1, 0.15) is 0 Å². The van der Waals surface area contributed by atoms with Crippen molar-refractivity contribution in [2.24, 2.45) is 0 Å². The van der Waals surface area contributed by atoms with E-state index >= 15 is 0 Å². The van der Waals surface area contributed by atoms with Crippen molar-refractivity contribution in [1.29, 1.82) is 0 Å². The van der Waals surface area contributed by atoms with Gasteiger partial charge in [-0.2, -0.15) is 0 Å².